The molecule has 1 aliphatic heterocycles. The van der Waals surface area contributed by atoms with Crippen LogP contribution < -0.4 is 4.90 Å². The average molecular weight is 485 g/mol. The zero-order chi connectivity index (χ0) is 22.3. The van der Waals surface area contributed by atoms with Crippen LogP contribution in [0.5, 0.6) is 0 Å². The van der Waals surface area contributed by atoms with Gasteiger partial charge in [-0.1, -0.05) is 48.8 Å². The van der Waals surface area contributed by atoms with Crippen LogP contribution in [0.25, 0.3) is 16.9 Å². The van der Waals surface area contributed by atoms with Crippen molar-refractivity contribution < 1.29 is 9.90 Å². The molecule has 0 unspecified atom stereocenters. The van der Waals surface area contributed by atoms with Crippen molar-refractivity contribution >= 4 is 33.4 Å². The molecule has 1 N–H and O–H groups in total. The summed E-state index contributed by atoms with van der Waals surface area (Å²) in [4.78, 5) is 19.3. The van der Waals surface area contributed by atoms with Crippen LogP contribution in [0.15, 0.2) is 34.8 Å². The summed E-state index contributed by atoms with van der Waals surface area (Å²) in [6.07, 6.45) is 2.18. The number of nitrogens with zero attached hydrogens (tertiary/aromatic N) is 4. The molecule has 3 heterocycles. The van der Waals surface area contributed by atoms with Crippen LogP contribution in [0.3, 0.4) is 0 Å². The summed E-state index contributed by atoms with van der Waals surface area (Å²) in [7, 11) is 0. The lowest BCUT2D eigenvalue weighted by atomic mass is 9.77. The molecule has 1 atom stereocenters. The van der Waals surface area contributed by atoms with Crippen LogP contribution in [-0.2, 0) is 4.79 Å². The van der Waals surface area contributed by atoms with Gasteiger partial charge in [-0.2, -0.15) is 9.61 Å². The number of anilines is 1. The minimum atomic E-state index is -0.725. The van der Waals surface area contributed by atoms with E-state index in [2.05, 4.69) is 34.7 Å². The Kier molecular flexibility index (Phi) is 5.81. The molecule has 0 aliphatic carbocycles. The lowest BCUT2D eigenvalue weighted by molar-refractivity contribution is -0.149. The number of carboxylic acids is 1. The average Bonchev–Trinajstić information content (AvgIpc) is 3.16. The number of aryl methyl sites for hydroxylation is 1. The van der Waals surface area contributed by atoms with Crippen molar-refractivity contribution in [2.75, 3.05) is 18.0 Å². The van der Waals surface area contributed by atoms with E-state index in [0.29, 0.717) is 19.4 Å². The molecule has 1 saturated heterocycles. The molecular formula is C24H29BrN4O2. The zero-order valence-electron chi connectivity index (χ0n) is 18.5. The zero-order valence-corrected chi connectivity index (χ0v) is 20.1. The number of fused-ring (bicyclic) bond motifs is 1. The number of carbonyl (C=O) groups is 1. The van der Waals surface area contributed by atoms with Gasteiger partial charge >= 0.3 is 5.97 Å². The summed E-state index contributed by atoms with van der Waals surface area (Å²) in [6, 6.07) is 10.1. The SMILES string of the molecule is CC[C@]1(C(=O)O)CCCN(c2c(C(C)C)c(C)nc3cc(-c4ccc(Br)cc4)nn23)C1. The second-order valence-corrected chi connectivity index (χ2v) is 9.78. The summed E-state index contributed by atoms with van der Waals surface area (Å²) in [5, 5.41) is 14.9. The fraction of sp³-hybridized carbons (Fsp3) is 0.458. The molecule has 1 aromatic carbocycles. The minimum Gasteiger partial charge on any atom is -0.481 e. The maximum atomic E-state index is 12.2. The fourth-order valence-corrected chi connectivity index (χ4v) is 5.05. The summed E-state index contributed by atoms with van der Waals surface area (Å²) < 4.78 is 2.95. The van der Waals surface area contributed by atoms with Gasteiger partial charge < -0.3 is 10.0 Å². The van der Waals surface area contributed by atoms with E-state index in [1.165, 1.54) is 0 Å². The molecule has 7 heteroatoms. The molecule has 164 valence electrons. The van der Waals surface area contributed by atoms with E-state index in [4.69, 9.17) is 10.1 Å². The van der Waals surface area contributed by atoms with Crippen LogP contribution in [0.1, 0.15) is 57.2 Å². The highest BCUT2D eigenvalue weighted by Crippen LogP contribution is 2.39. The molecule has 0 bridgehead atoms. The summed E-state index contributed by atoms with van der Waals surface area (Å²) in [6.45, 7) is 9.65. The number of rotatable bonds is 5. The fourth-order valence-electron chi connectivity index (χ4n) is 4.78. The Morgan fingerprint density at radius 1 is 1.29 bits per heavy atom. The Labute approximate surface area is 191 Å². The first kappa shape index (κ1) is 21.8. The standard InChI is InChI=1S/C24H29BrN4O2/c1-5-24(23(30)31)11-6-12-28(14-24)22-21(15(2)3)16(4)26-20-13-19(27-29(20)22)17-7-9-18(25)10-8-17/h7-10,13,15H,5-6,11-12,14H2,1-4H3,(H,30,31)/t24-/m0/s1. The first-order valence-electron chi connectivity index (χ1n) is 10.9. The highest BCUT2D eigenvalue weighted by Gasteiger charge is 2.42. The second-order valence-electron chi connectivity index (χ2n) is 8.86. The molecule has 4 rings (SSSR count). The van der Waals surface area contributed by atoms with Gasteiger partial charge in [-0.05, 0) is 44.2 Å². The largest absolute Gasteiger partial charge is 0.481 e. The van der Waals surface area contributed by atoms with Gasteiger partial charge in [0.15, 0.2) is 5.65 Å². The number of halogens is 1. The number of carboxylic acid groups (broad SMARTS) is 1. The van der Waals surface area contributed by atoms with E-state index >= 15 is 0 Å². The van der Waals surface area contributed by atoms with Crippen molar-refractivity contribution in [3.8, 4) is 11.3 Å². The molecule has 1 aliphatic rings. The molecule has 31 heavy (non-hydrogen) atoms. The first-order valence-corrected chi connectivity index (χ1v) is 11.7. The van der Waals surface area contributed by atoms with Crippen molar-refractivity contribution in [1.29, 1.82) is 0 Å². The van der Waals surface area contributed by atoms with Gasteiger partial charge in [0, 0.05) is 40.4 Å². The van der Waals surface area contributed by atoms with Crippen molar-refractivity contribution in [1.82, 2.24) is 14.6 Å². The van der Waals surface area contributed by atoms with Gasteiger partial charge in [0.25, 0.3) is 0 Å². The Bertz CT molecular complexity index is 1120. The van der Waals surface area contributed by atoms with E-state index in [1.54, 1.807) is 0 Å². The van der Waals surface area contributed by atoms with Gasteiger partial charge in [-0.3, -0.25) is 4.79 Å². The summed E-state index contributed by atoms with van der Waals surface area (Å²) >= 11 is 3.49. The monoisotopic (exact) mass is 484 g/mol. The summed E-state index contributed by atoms with van der Waals surface area (Å²) in [5.41, 5.74) is 4.06. The van der Waals surface area contributed by atoms with Gasteiger partial charge in [0.05, 0.1) is 11.1 Å². The van der Waals surface area contributed by atoms with Crippen molar-refractivity contribution in [3.05, 3.63) is 46.1 Å². The number of aromatic nitrogens is 3. The third-order valence-electron chi connectivity index (χ3n) is 6.53. The minimum absolute atomic E-state index is 0.245. The molecule has 0 radical (unpaired) electrons. The van der Waals surface area contributed by atoms with Crippen molar-refractivity contribution in [2.45, 2.75) is 52.9 Å². The van der Waals surface area contributed by atoms with Gasteiger partial charge in [0.2, 0.25) is 0 Å². The van der Waals surface area contributed by atoms with Crippen LogP contribution in [0, 0.1) is 12.3 Å². The van der Waals surface area contributed by atoms with Gasteiger partial charge in [-0.15, -0.1) is 0 Å². The quantitative estimate of drug-likeness (QED) is 0.504. The van der Waals surface area contributed by atoms with E-state index in [9.17, 15) is 9.90 Å². The number of piperidine rings is 1. The van der Waals surface area contributed by atoms with Gasteiger partial charge in [0.1, 0.15) is 5.82 Å². The molecule has 3 aromatic rings. The van der Waals surface area contributed by atoms with Gasteiger partial charge in [-0.25, -0.2) is 4.98 Å². The summed E-state index contributed by atoms with van der Waals surface area (Å²) in [5.74, 6) is 0.526. The Morgan fingerprint density at radius 2 is 2.00 bits per heavy atom. The number of hydrogen-bond acceptors (Lipinski definition) is 4. The number of aliphatic carboxylic acids is 1. The molecule has 6 nitrogen and oxygen atoms in total. The number of benzene rings is 1. The second kappa shape index (κ2) is 8.26. The Morgan fingerprint density at radius 3 is 2.61 bits per heavy atom. The normalized spacial score (nSPS) is 19.4. The van der Waals surface area contributed by atoms with Crippen LogP contribution in [0.4, 0.5) is 5.82 Å². The van der Waals surface area contributed by atoms with E-state index in [-0.39, 0.29) is 5.92 Å². The number of hydrogen-bond donors (Lipinski definition) is 1. The van der Waals surface area contributed by atoms with Crippen molar-refractivity contribution in [3.63, 3.8) is 0 Å². The first-order chi connectivity index (χ1) is 14.8. The van der Waals surface area contributed by atoms with Crippen LogP contribution in [-0.4, -0.2) is 38.8 Å². The molecule has 0 spiro atoms. The highest BCUT2D eigenvalue weighted by atomic mass is 79.9. The predicted octanol–water partition coefficient (Wildman–Crippen LogP) is 5.67. The van der Waals surface area contributed by atoms with Crippen LogP contribution >= 0.6 is 15.9 Å². The lowest BCUT2D eigenvalue weighted by Gasteiger charge is -2.41. The van der Waals surface area contributed by atoms with E-state index in [1.807, 2.05) is 48.7 Å². The van der Waals surface area contributed by atoms with Crippen molar-refractivity contribution in [2.24, 2.45) is 5.41 Å². The lowest BCUT2D eigenvalue weighted by Crippen LogP contribution is -2.48. The molecule has 2 aromatic heterocycles. The van der Waals surface area contributed by atoms with E-state index < -0.39 is 11.4 Å². The Balaban J connectivity index is 1.90. The van der Waals surface area contributed by atoms with E-state index in [0.717, 1.165) is 51.4 Å². The maximum absolute atomic E-state index is 12.2. The predicted molar refractivity (Wildman–Crippen MR) is 127 cm³/mol. The maximum Gasteiger partial charge on any atom is 0.311 e. The van der Waals surface area contributed by atoms with Crippen LogP contribution in [0.2, 0.25) is 0 Å². The Hall–Kier alpha value is -2.41. The molecule has 0 saturated carbocycles. The highest BCUT2D eigenvalue weighted by molar-refractivity contribution is 9.10. The third-order valence-corrected chi connectivity index (χ3v) is 7.06. The molecular weight excluding hydrogens is 456 g/mol. The smallest absolute Gasteiger partial charge is 0.311 e. The topological polar surface area (TPSA) is 70.7 Å². The molecule has 0 amide bonds. The molecule has 1 fully saturated rings. The third kappa shape index (κ3) is 3.84.